The van der Waals surface area contributed by atoms with Crippen LogP contribution >= 0.6 is 24.0 Å². The highest BCUT2D eigenvalue weighted by molar-refractivity contribution is 14.0. The van der Waals surface area contributed by atoms with E-state index in [4.69, 9.17) is 0 Å². The molecule has 0 bridgehead atoms. The molecule has 0 amide bonds. The van der Waals surface area contributed by atoms with Gasteiger partial charge in [-0.3, -0.25) is 9.67 Å². The van der Waals surface area contributed by atoms with E-state index in [1.165, 1.54) is 11.6 Å². The number of halogens is 2. The predicted octanol–water partition coefficient (Wildman–Crippen LogP) is 3.19. The number of guanidine groups is 1. The number of hydrogen-bond acceptors (Lipinski definition) is 2. The third-order valence-corrected chi connectivity index (χ3v) is 5.20. The first-order valence-corrected chi connectivity index (χ1v) is 8.65. The number of rotatable bonds is 5. The Morgan fingerprint density at radius 1 is 1.31 bits per heavy atom. The number of aliphatic imine (C=N–C) groups is 1. The molecule has 3 rings (SSSR count). The quantitative estimate of drug-likeness (QED) is 0.400. The molecule has 26 heavy (non-hydrogen) atoms. The molecule has 0 radical (unpaired) electrons. The van der Waals surface area contributed by atoms with Crippen molar-refractivity contribution in [1.82, 2.24) is 20.4 Å². The summed E-state index contributed by atoms with van der Waals surface area (Å²) in [6.07, 6.45) is 2.14. The molecule has 1 aromatic carbocycles. The van der Waals surface area contributed by atoms with Gasteiger partial charge in [-0.05, 0) is 44.4 Å². The highest BCUT2D eigenvalue weighted by Crippen LogP contribution is 2.47. The average molecular weight is 471 g/mol. The van der Waals surface area contributed by atoms with Gasteiger partial charge in [-0.15, -0.1) is 24.0 Å². The molecule has 142 valence electrons. The van der Waals surface area contributed by atoms with Crippen LogP contribution in [0.5, 0.6) is 0 Å². The Bertz CT molecular complexity index is 795. The van der Waals surface area contributed by atoms with E-state index < -0.39 is 0 Å². The maximum Gasteiger partial charge on any atom is 0.191 e. The summed E-state index contributed by atoms with van der Waals surface area (Å²) < 4.78 is 15.4. The van der Waals surface area contributed by atoms with E-state index >= 15 is 0 Å². The van der Waals surface area contributed by atoms with Crippen molar-refractivity contribution >= 4 is 29.9 Å². The lowest BCUT2D eigenvalue weighted by molar-refractivity contribution is 0.607. The summed E-state index contributed by atoms with van der Waals surface area (Å²) in [6, 6.07) is 6.93. The van der Waals surface area contributed by atoms with Crippen LogP contribution in [0.4, 0.5) is 4.39 Å². The third kappa shape index (κ3) is 4.36. The summed E-state index contributed by atoms with van der Waals surface area (Å²) in [6.45, 7) is 5.51. The molecule has 1 aliphatic carbocycles. The van der Waals surface area contributed by atoms with Gasteiger partial charge < -0.3 is 10.6 Å². The fraction of sp³-hybridized carbons (Fsp3) is 0.474. The highest BCUT2D eigenvalue weighted by atomic mass is 127. The SMILES string of the molecule is CN=C(NCc1c(C)nn(C)c1C)NCC1(c2cccc(F)c2)CC1.I. The van der Waals surface area contributed by atoms with E-state index in [2.05, 4.69) is 27.6 Å². The molecule has 2 aromatic rings. The van der Waals surface area contributed by atoms with Crippen LogP contribution < -0.4 is 10.6 Å². The van der Waals surface area contributed by atoms with Crippen molar-refractivity contribution in [1.29, 1.82) is 0 Å². The standard InChI is InChI=1S/C19H26FN5.HI/c1-13-17(14(2)25(4)24-13)11-22-18(21-3)23-12-19(8-9-19)15-6-5-7-16(20)10-15;/h5-7,10H,8-9,11-12H2,1-4H3,(H2,21,22,23);1H. The lowest BCUT2D eigenvalue weighted by Gasteiger charge is -2.19. The molecule has 0 spiro atoms. The Labute approximate surface area is 171 Å². The van der Waals surface area contributed by atoms with Crippen LogP contribution in [0.25, 0.3) is 0 Å². The number of aryl methyl sites for hydroxylation is 2. The lowest BCUT2D eigenvalue weighted by atomic mass is 9.96. The molecule has 0 atom stereocenters. The molecule has 1 saturated carbocycles. The summed E-state index contributed by atoms with van der Waals surface area (Å²) in [5, 5.41) is 11.2. The Hall–Kier alpha value is -1.64. The first-order valence-electron chi connectivity index (χ1n) is 8.65. The van der Waals surface area contributed by atoms with E-state index in [1.54, 1.807) is 19.2 Å². The molecule has 1 fully saturated rings. The summed E-state index contributed by atoms with van der Waals surface area (Å²) >= 11 is 0. The van der Waals surface area contributed by atoms with Gasteiger partial charge in [-0.2, -0.15) is 5.10 Å². The molecule has 7 heteroatoms. The van der Waals surface area contributed by atoms with E-state index in [1.807, 2.05) is 24.7 Å². The Kier molecular flexibility index (Phi) is 6.65. The number of nitrogens with zero attached hydrogens (tertiary/aromatic N) is 3. The van der Waals surface area contributed by atoms with Crippen LogP contribution in [-0.4, -0.2) is 29.3 Å². The second-order valence-electron chi connectivity index (χ2n) is 6.84. The zero-order chi connectivity index (χ0) is 18.0. The molecular formula is C19H27FIN5. The van der Waals surface area contributed by atoms with Crippen molar-refractivity contribution in [3.63, 3.8) is 0 Å². The van der Waals surface area contributed by atoms with Crippen LogP contribution in [0.15, 0.2) is 29.3 Å². The first kappa shape index (κ1) is 20.7. The van der Waals surface area contributed by atoms with Gasteiger partial charge >= 0.3 is 0 Å². The molecule has 0 saturated heterocycles. The normalized spacial score (nSPS) is 15.3. The molecule has 1 heterocycles. The fourth-order valence-electron chi connectivity index (χ4n) is 3.26. The van der Waals surface area contributed by atoms with Gasteiger partial charge in [0.25, 0.3) is 0 Å². The van der Waals surface area contributed by atoms with Crippen molar-refractivity contribution < 1.29 is 4.39 Å². The molecule has 5 nitrogen and oxygen atoms in total. The van der Waals surface area contributed by atoms with Gasteiger partial charge in [0.1, 0.15) is 5.82 Å². The molecule has 1 aliphatic rings. The fourth-order valence-corrected chi connectivity index (χ4v) is 3.26. The van der Waals surface area contributed by atoms with Crippen LogP contribution in [0.1, 0.15) is 35.4 Å². The minimum absolute atomic E-state index is 0. The van der Waals surface area contributed by atoms with Gasteiger partial charge in [0.2, 0.25) is 0 Å². The molecule has 2 N–H and O–H groups in total. The first-order chi connectivity index (χ1) is 11.9. The molecule has 0 aliphatic heterocycles. The topological polar surface area (TPSA) is 54.2 Å². The van der Waals surface area contributed by atoms with Gasteiger partial charge in [0.05, 0.1) is 5.69 Å². The predicted molar refractivity (Wildman–Crippen MR) is 114 cm³/mol. The zero-order valence-electron chi connectivity index (χ0n) is 15.8. The lowest BCUT2D eigenvalue weighted by Crippen LogP contribution is -2.41. The second-order valence-corrected chi connectivity index (χ2v) is 6.84. The van der Waals surface area contributed by atoms with Gasteiger partial charge in [-0.1, -0.05) is 12.1 Å². The number of hydrogen-bond donors (Lipinski definition) is 2. The van der Waals surface area contributed by atoms with Crippen LogP contribution in [-0.2, 0) is 19.0 Å². The smallest absolute Gasteiger partial charge is 0.191 e. The van der Waals surface area contributed by atoms with Crippen LogP contribution in [0, 0.1) is 19.7 Å². The van der Waals surface area contributed by atoms with Crippen LogP contribution in [0.3, 0.4) is 0 Å². The van der Waals surface area contributed by atoms with Crippen molar-refractivity contribution in [2.75, 3.05) is 13.6 Å². The largest absolute Gasteiger partial charge is 0.356 e. The maximum atomic E-state index is 13.5. The Morgan fingerprint density at radius 2 is 2.04 bits per heavy atom. The zero-order valence-corrected chi connectivity index (χ0v) is 18.1. The van der Waals surface area contributed by atoms with Gasteiger partial charge in [0, 0.05) is 43.9 Å². The monoisotopic (exact) mass is 471 g/mol. The van der Waals surface area contributed by atoms with E-state index in [9.17, 15) is 4.39 Å². The summed E-state index contributed by atoms with van der Waals surface area (Å²) in [4.78, 5) is 4.30. The molecular weight excluding hydrogens is 444 g/mol. The van der Waals surface area contributed by atoms with Crippen molar-refractivity contribution in [3.8, 4) is 0 Å². The highest BCUT2D eigenvalue weighted by Gasteiger charge is 2.44. The number of benzene rings is 1. The maximum absolute atomic E-state index is 13.5. The van der Waals surface area contributed by atoms with Crippen molar-refractivity contribution in [3.05, 3.63) is 52.6 Å². The Morgan fingerprint density at radius 3 is 2.58 bits per heavy atom. The van der Waals surface area contributed by atoms with E-state index in [0.29, 0.717) is 6.54 Å². The van der Waals surface area contributed by atoms with Gasteiger partial charge in [0.15, 0.2) is 5.96 Å². The van der Waals surface area contributed by atoms with Crippen molar-refractivity contribution in [2.24, 2.45) is 12.0 Å². The second kappa shape index (κ2) is 8.37. The van der Waals surface area contributed by atoms with E-state index in [0.717, 1.165) is 42.3 Å². The number of aromatic nitrogens is 2. The van der Waals surface area contributed by atoms with Crippen molar-refractivity contribution in [2.45, 2.75) is 38.6 Å². The number of nitrogens with one attached hydrogen (secondary N) is 2. The third-order valence-electron chi connectivity index (χ3n) is 5.20. The average Bonchev–Trinajstić information content (AvgIpc) is 3.34. The van der Waals surface area contributed by atoms with Gasteiger partial charge in [-0.25, -0.2) is 4.39 Å². The van der Waals surface area contributed by atoms with E-state index in [-0.39, 0.29) is 35.2 Å². The summed E-state index contributed by atoms with van der Waals surface area (Å²) in [5.41, 5.74) is 4.46. The molecule has 0 unspecified atom stereocenters. The molecule has 1 aromatic heterocycles. The minimum Gasteiger partial charge on any atom is -0.356 e. The Balaban J connectivity index is 0.00000243. The summed E-state index contributed by atoms with van der Waals surface area (Å²) in [7, 11) is 3.72. The summed E-state index contributed by atoms with van der Waals surface area (Å²) in [5.74, 6) is 0.583. The van der Waals surface area contributed by atoms with Crippen LogP contribution in [0.2, 0.25) is 0 Å². The minimum atomic E-state index is -0.172.